The fourth-order valence-electron chi connectivity index (χ4n) is 4.81. The summed E-state index contributed by atoms with van der Waals surface area (Å²) >= 11 is 0. The van der Waals surface area contributed by atoms with Crippen LogP contribution in [-0.4, -0.2) is 68.1 Å². The van der Waals surface area contributed by atoms with Crippen molar-refractivity contribution in [2.45, 2.75) is 39.2 Å². The first kappa shape index (κ1) is 23.4. The minimum absolute atomic E-state index is 0. The van der Waals surface area contributed by atoms with Crippen LogP contribution < -0.4 is 10.2 Å². The third kappa shape index (κ3) is 6.36. The van der Waals surface area contributed by atoms with Crippen LogP contribution in [0.5, 0.6) is 0 Å². The quantitative estimate of drug-likeness (QED) is 0.265. The average molecular weight is 524 g/mol. The third-order valence-corrected chi connectivity index (χ3v) is 6.39. The van der Waals surface area contributed by atoms with Crippen LogP contribution in [-0.2, 0) is 6.54 Å². The molecule has 3 aliphatic rings. The number of guanidine groups is 1. The standard InChI is InChI=1S/C24H37N5.HI/c1-2-25-24(29-16-11-22(20-29)19-27-12-4-3-5-13-27)26-18-21-9-8-10-23(17-21)28-14-6-7-15-28;/h6-10,17,22H,2-5,11-16,18-20H2,1H3,(H,25,26);1H. The van der Waals surface area contributed by atoms with Crippen molar-refractivity contribution < 1.29 is 0 Å². The maximum atomic E-state index is 5.00. The van der Waals surface area contributed by atoms with Crippen molar-refractivity contribution in [2.75, 3.05) is 57.3 Å². The number of likely N-dealkylation sites (tertiary alicyclic amines) is 2. The second-order valence-electron chi connectivity index (χ2n) is 8.68. The summed E-state index contributed by atoms with van der Waals surface area (Å²) in [7, 11) is 0. The van der Waals surface area contributed by atoms with Crippen LogP contribution in [0.15, 0.2) is 41.4 Å². The van der Waals surface area contributed by atoms with E-state index in [0.29, 0.717) is 0 Å². The lowest BCUT2D eigenvalue weighted by Crippen LogP contribution is -2.41. The molecule has 166 valence electrons. The van der Waals surface area contributed by atoms with E-state index < -0.39 is 0 Å². The minimum Gasteiger partial charge on any atom is -0.364 e. The molecule has 5 nitrogen and oxygen atoms in total. The van der Waals surface area contributed by atoms with Gasteiger partial charge in [-0.3, -0.25) is 0 Å². The molecular weight excluding hydrogens is 485 g/mol. The number of nitrogens with one attached hydrogen (secondary N) is 1. The Bertz CT molecular complexity index is 705. The number of rotatable bonds is 6. The third-order valence-electron chi connectivity index (χ3n) is 6.39. The van der Waals surface area contributed by atoms with Crippen LogP contribution in [0.3, 0.4) is 0 Å². The summed E-state index contributed by atoms with van der Waals surface area (Å²) in [5.41, 5.74) is 2.59. The SMILES string of the molecule is CCNC(=NCc1cccc(N2CC=CC2)c1)N1CCC(CN2CCCCC2)C1.I. The summed E-state index contributed by atoms with van der Waals surface area (Å²) in [5, 5.41) is 3.53. The van der Waals surface area contributed by atoms with E-state index in [1.165, 1.54) is 56.6 Å². The van der Waals surface area contributed by atoms with Gasteiger partial charge in [0.1, 0.15) is 0 Å². The normalized spacial score (nSPS) is 22.4. The molecule has 0 aromatic heterocycles. The molecule has 0 saturated carbocycles. The van der Waals surface area contributed by atoms with Gasteiger partial charge >= 0.3 is 0 Å². The first-order chi connectivity index (χ1) is 14.3. The Morgan fingerprint density at radius 1 is 1.10 bits per heavy atom. The highest BCUT2D eigenvalue weighted by atomic mass is 127. The number of nitrogens with zero attached hydrogens (tertiary/aromatic N) is 4. The molecule has 2 fully saturated rings. The molecule has 0 amide bonds. The van der Waals surface area contributed by atoms with Crippen molar-refractivity contribution in [1.82, 2.24) is 15.1 Å². The first-order valence-electron chi connectivity index (χ1n) is 11.6. The Hall–Kier alpha value is -1.28. The van der Waals surface area contributed by atoms with Gasteiger partial charge in [0.15, 0.2) is 5.96 Å². The highest BCUT2D eigenvalue weighted by Crippen LogP contribution is 2.21. The van der Waals surface area contributed by atoms with E-state index in [0.717, 1.165) is 51.1 Å². The maximum Gasteiger partial charge on any atom is 0.194 e. The van der Waals surface area contributed by atoms with Gasteiger partial charge in [-0.05, 0) is 62.9 Å². The van der Waals surface area contributed by atoms with Crippen LogP contribution in [0.2, 0.25) is 0 Å². The molecule has 0 aliphatic carbocycles. The van der Waals surface area contributed by atoms with Crippen molar-refractivity contribution in [3.05, 3.63) is 42.0 Å². The monoisotopic (exact) mass is 523 g/mol. The number of aliphatic imine (C=N–C) groups is 1. The zero-order chi connectivity index (χ0) is 19.9. The molecular formula is C24H38IN5. The summed E-state index contributed by atoms with van der Waals surface area (Å²) < 4.78 is 0. The highest BCUT2D eigenvalue weighted by molar-refractivity contribution is 14.0. The van der Waals surface area contributed by atoms with E-state index in [-0.39, 0.29) is 24.0 Å². The van der Waals surface area contributed by atoms with Gasteiger partial charge in [-0.15, -0.1) is 24.0 Å². The van der Waals surface area contributed by atoms with Gasteiger partial charge < -0.3 is 20.0 Å². The van der Waals surface area contributed by atoms with Gasteiger partial charge in [-0.2, -0.15) is 0 Å². The fourth-order valence-corrected chi connectivity index (χ4v) is 4.81. The van der Waals surface area contributed by atoms with Gasteiger partial charge in [0.25, 0.3) is 0 Å². The van der Waals surface area contributed by atoms with E-state index in [9.17, 15) is 0 Å². The minimum atomic E-state index is 0. The van der Waals surface area contributed by atoms with E-state index in [4.69, 9.17) is 4.99 Å². The zero-order valence-corrected chi connectivity index (χ0v) is 20.8. The Labute approximate surface area is 199 Å². The molecule has 1 aromatic carbocycles. The second kappa shape index (κ2) is 11.9. The molecule has 3 heterocycles. The number of hydrogen-bond donors (Lipinski definition) is 1. The zero-order valence-electron chi connectivity index (χ0n) is 18.4. The molecule has 2 saturated heterocycles. The Morgan fingerprint density at radius 3 is 2.67 bits per heavy atom. The Balaban J connectivity index is 0.00000256. The molecule has 3 aliphatic heterocycles. The van der Waals surface area contributed by atoms with Crippen molar-refractivity contribution >= 4 is 35.6 Å². The van der Waals surface area contributed by atoms with Gasteiger partial charge in [-0.1, -0.05) is 30.7 Å². The molecule has 30 heavy (non-hydrogen) atoms. The van der Waals surface area contributed by atoms with Crippen molar-refractivity contribution in [3.63, 3.8) is 0 Å². The Kier molecular flexibility index (Phi) is 9.30. The predicted octanol–water partition coefficient (Wildman–Crippen LogP) is 3.95. The van der Waals surface area contributed by atoms with Crippen LogP contribution in [0.25, 0.3) is 0 Å². The lowest BCUT2D eigenvalue weighted by molar-refractivity contribution is 0.198. The maximum absolute atomic E-state index is 5.00. The number of benzene rings is 1. The first-order valence-corrected chi connectivity index (χ1v) is 11.6. The molecule has 1 aromatic rings. The van der Waals surface area contributed by atoms with Crippen LogP contribution >= 0.6 is 24.0 Å². The molecule has 0 spiro atoms. The molecule has 1 unspecified atom stereocenters. The van der Waals surface area contributed by atoms with Crippen molar-refractivity contribution in [1.29, 1.82) is 0 Å². The van der Waals surface area contributed by atoms with Crippen molar-refractivity contribution in [2.24, 2.45) is 10.9 Å². The molecule has 6 heteroatoms. The van der Waals surface area contributed by atoms with Crippen LogP contribution in [0.4, 0.5) is 5.69 Å². The Morgan fingerprint density at radius 2 is 1.90 bits per heavy atom. The largest absolute Gasteiger partial charge is 0.364 e. The summed E-state index contributed by atoms with van der Waals surface area (Å²) in [6.45, 7) is 12.0. The highest BCUT2D eigenvalue weighted by Gasteiger charge is 2.27. The van der Waals surface area contributed by atoms with Gasteiger partial charge in [-0.25, -0.2) is 4.99 Å². The smallest absolute Gasteiger partial charge is 0.194 e. The molecule has 4 rings (SSSR count). The lowest BCUT2D eigenvalue weighted by atomic mass is 10.1. The second-order valence-corrected chi connectivity index (χ2v) is 8.68. The summed E-state index contributed by atoms with van der Waals surface area (Å²) in [6.07, 6.45) is 9.95. The van der Waals surface area contributed by atoms with Gasteiger partial charge in [0, 0.05) is 45.0 Å². The number of piperidine rings is 1. The van der Waals surface area contributed by atoms with E-state index in [2.05, 4.69) is 63.4 Å². The van der Waals surface area contributed by atoms with E-state index >= 15 is 0 Å². The van der Waals surface area contributed by atoms with Gasteiger partial charge in [0.05, 0.1) is 6.54 Å². The van der Waals surface area contributed by atoms with Crippen molar-refractivity contribution in [3.8, 4) is 0 Å². The number of hydrogen-bond acceptors (Lipinski definition) is 3. The topological polar surface area (TPSA) is 34.1 Å². The van der Waals surface area contributed by atoms with Crippen LogP contribution in [0.1, 0.15) is 38.2 Å². The van der Waals surface area contributed by atoms with E-state index in [1.807, 2.05) is 0 Å². The van der Waals surface area contributed by atoms with Gasteiger partial charge in [0.2, 0.25) is 0 Å². The summed E-state index contributed by atoms with van der Waals surface area (Å²) in [4.78, 5) is 12.6. The van der Waals surface area contributed by atoms with E-state index in [1.54, 1.807) is 0 Å². The molecule has 1 atom stereocenters. The average Bonchev–Trinajstić information content (AvgIpc) is 3.45. The predicted molar refractivity (Wildman–Crippen MR) is 138 cm³/mol. The molecule has 1 N–H and O–H groups in total. The molecule has 0 radical (unpaired) electrons. The van der Waals surface area contributed by atoms with Crippen LogP contribution in [0, 0.1) is 5.92 Å². The number of halogens is 1. The number of anilines is 1. The fraction of sp³-hybridized carbons (Fsp3) is 0.625. The summed E-state index contributed by atoms with van der Waals surface area (Å²) in [5.74, 6) is 1.87. The lowest BCUT2D eigenvalue weighted by Gasteiger charge is -2.29. The summed E-state index contributed by atoms with van der Waals surface area (Å²) in [6, 6.07) is 8.86. The molecule has 0 bridgehead atoms.